The summed E-state index contributed by atoms with van der Waals surface area (Å²) in [5.41, 5.74) is 5.32. The fourth-order valence-electron chi connectivity index (χ4n) is 1.32. The van der Waals surface area contributed by atoms with E-state index in [1.807, 2.05) is 0 Å². The third-order valence-electron chi connectivity index (χ3n) is 1.88. The molecule has 0 aromatic rings. The Balaban J connectivity index is 2.50. The summed E-state index contributed by atoms with van der Waals surface area (Å²) >= 11 is 0. The molecule has 0 aromatic heterocycles. The number of carboxylic acid groups (broad SMARTS) is 1. The summed E-state index contributed by atoms with van der Waals surface area (Å²) in [5.74, 6) is -0.747. The number of likely N-dealkylation sites (tertiary alicyclic amines) is 1. The second-order valence-electron chi connectivity index (χ2n) is 2.49. The number of rotatable bonds is 2. The van der Waals surface area contributed by atoms with Crippen LogP contribution >= 0.6 is 0 Å². The molecule has 0 amide bonds. The molecule has 0 aliphatic carbocycles. The third kappa shape index (κ3) is 1.27. The molecule has 1 aliphatic heterocycles. The summed E-state index contributed by atoms with van der Waals surface area (Å²) in [7, 11) is 0. The second kappa shape index (κ2) is 2.98. The number of aliphatic carboxylic acids is 1. The second-order valence-corrected chi connectivity index (χ2v) is 2.49. The summed E-state index contributed by atoms with van der Waals surface area (Å²) in [6.45, 7) is 1.18. The van der Waals surface area contributed by atoms with Crippen LogP contribution in [0.4, 0.5) is 0 Å². The van der Waals surface area contributed by atoms with Gasteiger partial charge in [-0.05, 0) is 12.8 Å². The molecule has 10 heavy (non-hydrogen) atoms. The van der Waals surface area contributed by atoms with Gasteiger partial charge in [-0.15, -0.1) is 0 Å². The highest BCUT2D eigenvalue weighted by atomic mass is 16.4. The van der Waals surface area contributed by atoms with Crippen LogP contribution in [0.5, 0.6) is 0 Å². The van der Waals surface area contributed by atoms with Gasteiger partial charge >= 0.3 is 5.97 Å². The molecule has 0 aromatic carbocycles. The van der Waals surface area contributed by atoms with Crippen LogP contribution in [0.15, 0.2) is 0 Å². The van der Waals surface area contributed by atoms with Gasteiger partial charge in [-0.3, -0.25) is 9.69 Å². The molecule has 3 N–H and O–H groups in total. The van der Waals surface area contributed by atoms with E-state index < -0.39 is 5.97 Å². The van der Waals surface area contributed by atoms with Crippen molar-refractivity contribution in [3.63, 3.8) is 0 Å². The molecule has 58 valence electrons. The van der Waals surface area contributed by atoms with Gasteiger partial charge in [0.25, 0.3) is 0 Å². The first-order valence-electron chi connectivity index (χ1n) is 3.42. The Morgan fingerprint density at radius 1 is 1.80 bits per heavy atom. The number of carboxylic acids is 1. The quantitative estimate of drug-likeness (QED) is 0.545. The van der Waals surface area contributed by atoms with Crippen LogP contribution in [0.3, 0.4) is 0 Å². The first-order chi connectivity index (χ1) is 4.75. The Bertz CT molecular complexity index is 138. The highest BCUT2D eigenvalue weighted by Gasteiger charge is 2.28. The summed E-state index contributed by atoms with van der Waals surface area (Å²) in [4.78, 5) is 12.3. The number of carbonyl (C=O) groups is 1. The van der Waals surface area contributed by atoms with Crippen LogP contribution in [-0.2, 0) is 4.79 Å². The van der Waals surface area contributed by atoms with E-state index >= 15 is 0 Å². The normalized spacial score (nSPS) is 27.1. The van der Waals surface area contributed by atoms with Crippen molar-refractivity contribution in [1.29, 1.82) is 0 Å². The minimum Gasteiger partial charge on any atom is -0.480 e. The molecule has 0 saturated carbocycles. The van der Waals surface area contributed by atoms with Crippen molar-refractivity contribution < 1.29 is 9.90 Å². The first-order valence-corrected chi connectivity index (χ1v) is 3.42. The van der Waals surface area contributed by atoms with Crippen LogP contribution in [0.2, 0.25) is 0 Å². The van der Waals surface area contributed by atoms with Crippen LogP contribution in [-0.4, -0.2) is 35.2 Å². The Morgan fingerprint density at radius 2 is 2.50 bits per heavy atom. The van der Waals surface area contributed by atoms with E-state index in [0.717, 1.165) is 19.4 Å². The smallest absolute Gasteiger partial charge is 0.320 e. The fraction of sp³-hybridized carbons (Fsp3) is 0.833. The summed E-state index contributed by atoms with van der Waals surface area (Å²) in [6, 6.07) is -0.329. The summed E-state index contributed by atoms with van der Waals surface area (Å²) in [5, 5.41) is 8.62. The van der Waals surface area contributed by atoms with Gasteiger partial charge in [0.1, 0.15) is 6.04 Å². The molecule has 1 fully saturated rings. The molecule has 4 heteroatoms. The van der Waals surface area contributed by atoms with Gasteiger partial charge in [-0.2, -0.15) is 0 Å². The molecule has 1 rings (SSSR count). The predicted octanol–water partition coefficient (Wildman–Crippen LogP) is -0.548. The van der Waals surface area contributed by atoms with Crippen molar-refractivity contribution in [2.45, 2.75) is 18.9 Å². The average molecular weight is 144 g/mol. The number of hydrogen-bond acceptors (Lipinski definition) is 3. The Morgan fingerprint density at radius 3 is 2.90 bits per heavy atom. The number of nitrogens with zero attached hydrogens (tertiary/aromatic N) is 1. The maximum Gasteiger partial charge on any atom is 0.320 e. The minimum atomic E-state index is -0.747. The zero-order valence-electron chi connectivity index (χ0n) is 5.79. The van der Waals surface area contributed by atoms with Gasteiger partial charge in [-0.25, -0.2) is 0 Å². The van der Waals surface area contributed by atoms with Crippen molar-refractivity contribution in [1.82, 2.24) is 4.90 Å². The number of hydrogen-bond donors (Lipinski definition) is 2. The molecule has 1 atom stereocenters. The maximum atomic E-state index is 10.5. The van der Waals surface area contributed by atoms with Crippen LogP contribution in [0, 0.1) is 0 Å². The van der Waals surface area contributed by atoms with Gasteiger partial charge in [0.2, 0.25) is 0 Å². The topological polar surface area (TPSA) is 66.6 Å². The lowest BCUT2D eigenvalue weighted by molar-refractivity contribution is -0.142. The molecule has 1 heterocycles. The lowest BCUT2D eigenvalue weighted by atomic mass is 10.2. The zero-order chi connectivity index (χ0) is 7.56. The molecule has 0 spiro atoms. The monoisotopic (exact) mass is 144 g/mol. The van der Waals surface area contributed by atoms with Gasteiger partial charge < -0.3 is 10.8 Å². The SMILES string of the molecule is NCN1CCC[C@H]1C(=O)O. The molecular formula is C6H12N2O2. The van der Waals surface area contributed by atoms with Crippen LogP contribution < -0.4 is 5.73 Å². The van der Waals surface area contributed by atoms with Gasteiger partial charge in [0, 0.05) is 13.2 Å². The van der Waals surface area contributed by atoms with Crippen molar-refractivity contribution in [2.75, 3.05) is 13.2 Å². The van der Waals surface area contributed by atoms with E-state index in [2.05, 4.69) is 0 Å². The Kier molecular flexibility index (Phi) is 2.24. The van der Waals surface area contributed by atoms with Crippen molar-refractivity contribution >= 4 is 5.97 Å². The van der Waals surface area contributed by atoms with E-state index in [1.54, 1.807) is 4.90 Å². The third-order valence-corrected chi connectivity index (χ3v) is 1.88. The van der Waals surface area contributed by atoms with Crippen molar-refractivity contribution in [2.24, 2.45) is 5.73 Å². The van der Waals surface area contributed by atoms with Crippen LogP contribution in [0.25, 0.3) is 0 Å². The average Bonchev–Trinajstić information content (AvgIpc) is 2.33. The highest BCUT2D eigenvalue weighted by Crippen LogP contribution is 2.15. The number of nitrogens with two attached hydrogens (primary N) is 1. The molecule has 0 bridgehead atoms. The molecular weight excluding hydrogens is 132 g/mol. The van der Waals surface area contributed by atoms with E-state index in [0.29, 0.717) is 6.67 Å². The van der Waals surface area contributed by atoms with Crippen molar-refractivity contribution in [3.05, 3.63) is 0 Å². The summed E-state index contributed by atoms with van der Waals surface area (Å²) in [6.07, 6.45) is 1.70. The van der Waals surface area contributed by atoms with Gasteiger partial charge in [-0.1, -0.05) is 0 Å². The Hall–Kier alpha value is -0.610. The zero-order valence-corrected chi connectivity index (χ0v) is 5.79. The molecule has 0 radical (unpaired) electrons. The molecule has 1 aliphatic rings. The fourth-order valence-corrected chi connectivity index (χ4v) is 1.32. The van der Waals surface area contributed by atoms with E-state index in [4.69, 9.17) is 10.8 Å². The first kappa shape index (κ1) is 7.50. The Labute approximate surface area is 59.6 Å². The van der Waals surface area contributed by atoms with Gasteiger partial charge in [0.15, 0.2) is 0 Å². The van der Waals surface area contributed by atoms with Gasteiger partial charge in [0.05, 0.1) is 0 Å². The van der Waals surface area contributed by atoms with E-state index in [1.165, 1.54) is 0 Å². The molecule has 4 nitrogen and oxygen atoms in total. The highest BCUT2D eigenvalue weighted by molar-refractivity contribution is 5.73. The standard InChI is InChI=1S/C6H12N2O2/c7-4-8-3-1-2-5(8)6(9)10/h5H,1-4,7H2,(H,9,10)/t5-/m0/s1. The van der Waals surface area contributed by atoms with E-state index in [-0.39, 0.29) is 6.04 Å². The predicted molar refractivity (Wildman–Crippen MR) is 36.4 cm³/mol. The van der Waals surface area contributed by atoms with Crippen molar-refractivity contribution in [3.8, 4) is 0 Å². The van der Waals surface area contributed by atoms with Crippen LogP contribution in [0.1, 0.15) is 12.8 Å². The summed E-state index contributed by atoms with van der Waals surface area (Å²) < 4.78 is 0. The maximum absolute atomic E-state index is 10.5. The molecule has 1 saturated heterocycles. The van der Waals surface area contributed by atoms with E-state index in [9.17, 15) is 4.79 Å². The minimum absolute atomic E-state index is 0.329. The largest absolute Gasteiger partial charge is 0.480 e. The molecule has 0 unspecified atom stereocenters. The lowest BCUT2D eigenvalue weighted by Gasteiger charge is -2.17. The lowest BCUT2D eigenvalue weighted by Crippen LogP contribution is -2.39.